The fourth-order valence-electron chi connectivity index (χ4n) is 2.24. The zero-order valence-electron chi connectivity index (χ0n) is 14.2. The number of nitrogens with zero attached hydrogens (tertiary/aromatic N) is 1. The Balaban J connectivity index is 1.86. The average molecular weight is 402 g/mol. The number of nitro groups is 1. The monoisotopic (exact) mass is 402 g/mol. The zero-order chi connectivity index (χ0) is 20.0. The molecule has 1 atom stereocenters. The van der Waals surface area contributed by atoms with Gasteiger partial charge in [0.15, 0.2) is 0 Å². The van der Waals surface area contributed by atoms with Crippen LogP contribution in [0.4, 0.5) is 29.3 Å². The summed E-state index contributed by atoms with van der Waals surface area (Å²) in [7, 11) is 0. The van der Waals surface area contributed by atoms with E-state index in [1.807, 2.05) is 24.4 Å². The largest absolute Gasteiger partial charge is 0.416 e. The maximum Gasteiger partial charge on any atom is 0.416 e. The molecule has 0 spiro atoms. The summed E-state index contributed by atoms with van der Waals surface area (Å²) in [5, 5.41) is 20.9. The van der Waals surface area contributed by atoms with Gasteiger partial charge >= 0.3 is 12.2 Å². The molecule has 27 heavy (non-hydrogen) atoms. The van der Waals surface area contributed by atoms with Gasteiger partial charge in [-0.05, 0) is 30.5 Å². The second-order valence-electron chi connectivity index (χ2n) is 5.55. The number of rotatable bonds is 7. The fraction of sp³-hybridized carbons (Fsp3) is 0.312. The summed E-state index contributed by atoms with van der Waals surface area (Å²) in [6, 6.07) is 5.41. The van der Waals surface area contributed by atoms with E-state index in [2.05, 4.69) is 16.0 Å². The predicted molar refractivity (Wildman–Crippen MR) is 95.9 cm³/mol. The minimum atomic E-state index is -4.66. The van der Waals surface area contributed by atoms with E-state index in [4.69, 9.17) is 0 Å². The molecule has 11 heteroatoms. The van der Waals surface area contributed by atoms with Gasteiger partial charge < -0.3 is 16.0 Å². The Hall–Kier alpha value is -2.82. The summed E-state index contributed by atoms with van der Waals surface area (Å²) in [4.78, 5) is 22.9. The summed E-state index contributed by atoms with van der Waals surface area (Å²) >= 11 is 1.51. The van der Waals surface area contributed by atoms with E-state index in [1.165, 1.54) is 11.3 Å². The number of carbonyl (C=O) groups is 1. The summed E-state index contributed by atoms with van der Waals surface area (Å²) in [6.07, 6.45) is -4.66. The van der Waals surface area contributed by atoms with Crippen LogP contribution in [-0.2, 0) is 6.18 Å². The molecule has 3 N–H and O–H groups in total. The number of nitro benzene ring substituents is 1. The Bertz CT molecular complexity index is 797. The van der Waals surface area contributed by atoms with Crippen LogP contribution in [0.3, 0.4) is 0 Å². The topological polar surface area (TPSA) is 96.3 Å². The minimum absolute atomic E-state index is 0.0536. The van der Waals surface area contributed by atoms with Crippen molar-refractivity contribution in [2.45, 2.75) is 19.1 Å². The molecule has 0 aliphatic rings. The predicted octanol–water partition coefficient (Wildman–Crippen LogP) is 4.15. The van der Waals surface area contributed by atoms with Crippen LogP contribution in [0.5, 0.6) is 0 Å². The number of nitrogens with one attached hydrogen (secondary N) is 3. The molecule has 0 saturated heterocycles. The number of carbonyl (C=O) groups excluding carboxylic acids is 1. The Morgan fingerprint density at radius 3 is 2.63 bits per heavy atom. The first kappa shape index (κ1) is 20.5. The molecule has 7 nitrogen and oxygen atoms in total. The molecule has 146 valence electrons. The van der Waals surface area contributed by atoms with Crippen LogP contribution >= 0.6 is 11.3 Å². The number of halogens is 3. The fourth-order valence-corrected chi connectivity index (χ4v) is 2.97. The molecule has 0 aliphatic heterocycles. The SMILES string of the molecule is C[C@H](NC(=O)NCCNc1ccc(C(F)(F)F)cc1[N+](=O)[O-])c1cccs1. The number of amides is 2. The lowest BCUT2D eigenvalue weighted by Crippen LogP contribution is -2.39. The van der Waals surface area contributed by atoms with E-state index in [9.17, 15) is 28.1 Å². The van der Waals surface area contributed by atoms with Crippen LogP contribution in [-0.4, -0.2) is 24.0 Å². The normalized spacial score (nSPS) is 12.3. The molecule has 0 radical (unpaired) electrons. The molecule has 0 saturated carbocycles. The Morgan fingerprint density at radius 1 is 1.30 bits per heavy atom. The molecule has 2 aromatic rings. The van der Waals surface area contributed by atoms with Crippen LogP contribution < -0.4 is 16.0 Å². The zero-order valence-corrected chi connectivity index (χ0v) is 15.0. The number of benzene rings is 1. The summed E-state index contributed by atoms with van der Waals surface area (Å²) in [5.74, 6) is 0. The molecule has 0 aliphatic carbocycles. The van der Waals surface area contributed by atoms with E-state index < -0.39 is 28.4 Å². The van der Waals surface area contributed by atoms with E-state index in [-0.39, 0.29) is 24.8 Å². The van der Waals surface area contributed by atoms with E-state index in [0.29, 0.717) is 6.07 Å². The second-order valence-corrected chi connectivity index (χ2v) is 6.53. The van der Waals surface area contributed by atoms with Crippen LogP contribution in [0.2, 0.25) is 0 Å². The van der Waals surface area contributed by atoms with Gasteiger partial charge in [0.1, 0.15) is 5.69 Å². The third-order valence-electron chi connectivity index (χ3n) is 3.57. The van der Waals surface area contributed by atoms with Crippen molar-refractivity contribution in [2.24, 2.45) is 0 Å². The number of anilines is 1. The maximum absolute atomic E-state index is 12.7. The highest BCUT2D eigenvalue weighted by atomic mass is 32.1. The van der Waals surface area contributed by atoms with Gasteiger partial charge in [0.05, 0.1) is 16.5 Å². The second kappa shape index (κ2) is 8.71. The highest BCUT2D eigenvalue weighted by Crippen LogP contribution is 2.34. The molecule has 2 amide bonds. The Labute approximate surface area is 156 Å². The van der Waals surface area contributed by atoms with Crippen LogP contribution in [0, 0.1) is 10.1 Å². The number of hydrogen-bond donors (Lipinski definition) is 3. The van der Waals surface area contributed by atoms with Gasteiger partial charge in [-0.2, -0.15) is 13.2 Å². The number of urea groups is 1. The molecule has 1 aromatic heterocycles. The van der Waals surface area contributed by atoms with Gasteiger partial charge in [0.25, 0.3) is 5.69 Å². The minimum Gasteiger partial charge on any atom is -0.378 e. The molecule has 0 bridgehead atoms. The van der Waals surface area contributed by atoms with E-state index >= 15 is 0 Å². The molecule has 0 fully saturated rings. The lowest BCUT2D eigenvalue weighted by atomic mass is 10.1. The molecule has 2 rings (SSSR count). The molecular weight excluding hydrogens is 385 g/mol. The van der Waals surface area contributed by atoms with Gasteiger partial charge in [-0.3, -0.25) is 10.1 Å². The quantitative estimate of drug-likeness (QED) is 0.368. The third kappa shape index (κ3) is 5.84. The van der Waals surface area contributed by atoms with Gasteiger partial charge in [-0.1, -0.05) is 6.07 Å². The summed E-state index contributed by atoms with van der Waals surface area (Å²) in [6.45, 7) is 2.06. The number of alkyl halides is 3. The lowest BCUT2D eigenvalue weighted by Gasteiger charge is -2.14. The maximum atomic E-state index is 12.7. The van der Waals surface area contributed by atoms with Crippen molar-refractivity contribution >= 4 is 28.7 Å². The van der Waals surface area contributed by atoms with Crippen LogP contribution in [0.15, 0.2) is 35.7 Å². The first-order valence-corrected chi connectivity index (χ1v) is 8.73. The van der Waals surface area contributed by atoms with E-state index in [1.54, 1.807) is 0 Å². The Morgan fingerprint density at radius 2 is 2.04 bits per heavy atom. The first-order valence-electron chi connectivity index (χ1n) is 7.85. The van der Waals surface area contributed by atoms with Crippen molar-refractivity contribution in [1.82, 2.24) is 10.6 Å². The average Bonchev–Trinajstić information content (AvgIpc) is 3.12. The molecule has 1 heterocycles. The van der Waals surface area contributed by atoms with Crippen LogP contribution in [0.1, 0.15) is 23.4 Å². The smallest absolute Gasteiger partial charge is 0.378 e. The summed E-state index contributed by atoms with van der Waals surface area (Å²) < 4.78 is 38.0. The number of hydrogen-bond acceptors (Lipinski definition) is 5. The Kier molecular flexibility index (Phi) is 6.61. The van der Waals surface area contributed by atoms with Gasteiger partial charge in [0, 0.05) is 24.0 Å². The van der Waals surface area contributed by atoms with Crippen molar-refractivity contribution in [2.75, 3.05) is 18.4 Å². The van der Waals surface area contributed by atoms with Gasteiger partial charge in [0.2, 0.25) is 0 Å². The van der Waals surface area contributed by atoms with Crippen molar-refractivity contribution in [3.63, 3.8) is 0 Å². The highest BCUT2D eigenvalue weighted by molar-refractivity contribution is 7.10. The van der Waals surface area contributed by atoms with Gasteiger partial charge in [-0.25, -0.2) is 4.79 Å². The highest BCUT2D eigenvalue weighted by Gasteiger charge is 2.33. The van der Waals surface area contributed by atoms with Crippen molar-refractivity contribution < 1.29 is 22.9 Å². The van der Waals surface area contributed by atoms with E-state index in [0.717, 1.165) is 17.0 Å². The van der Waals surface area contributed by atoms with Crippen molar-refractivity contribution in [3.05, 3.63) is 56.3 Å². The van der Waals surface area contributed by atoms with Crippen molar-refractivity contribution in [1.29, 1.82) is 0 Å². The van der Waals surface area contributed by atoms with Crippen molar-refractivity contribution in [3.8, 4) is 0 Å². The third-order valence-corrected chi connectivity index (χ3v) is 4.62. The lowest BCUT2D eigenvalue weighted by molar-refractivity contribution is -0.384. The standard InChI is InChI=1S/C16H17F3N4O3S/c1-10(14-3-2-8-27-14)22-15(24)21-7-6-20-12-5-4-11(16(17,18)19)9-13(12)23(25)26/h2-5,8-10,20H,6-7H2,1H3,(H2,21,22,24)/t10-/m0/s1. The molecular formula is C16H17F3N4O3S. The van der Waals surface area contributed by atoms with Crippen LogP contribution in [0.25, 0.3) is 0 Å². The molecule has 0 unspecified atom stereocenters. The summed E-state index contributed by atoms with van der Waals surface area (Å²) in [5.41, 5.74) is -1.83. The first-order chi connectivity index (χ1) is 12.7. The van der Waals surface area contributed by atoms with Gasteiger partial charge in [-0.15, -0.1) is 11.3 Å². The molecule has 1 aromatic carbocycles. The number of thiophene rings is 1.